The van der Waals surface area contributed by atoms with Crippen molar-refractivity contribution in [2.24, 2.45) is 0 Å². The minimum Gasteiger partial charge on any atom is -0.308 e. The largest absolute Gasteiger partial charge is 0.308 e. The van der Waals surface area contributed by atoms with Crippen LogP contribution in [0.4, 0.5) is 0 Å². The number of nitrogens with one attached hydrogen (secondary N) is 1. The molecule has 1 unspecified atom stereocenters. The van der Waals surface area contributed by atoms with Gasteiger partial charge in [-0.05, 0) is 56.3 Å². The van der Waals surface area contributed by atoms with Gasteiger partial charge in [0.15, 0.2) is 0 Å². The number of fused-ring (bicyclic) bond motifs is 1. The average Bonchev–Trinajstić information content (AvgIpc) is 2.63. The molecule has 0 aliphatic heterocycles. The lowest BCUT2D eigenvalue weighted by Crippen LogP contribution is -2.30. The van der Waals surface area contributed by atoms with Crippen molar-refractivity contribution in [3.05, 3.63) is 69.2 Å². The summed E-state index contributed by atoms with van der Waals surface area (Å²) >= 11 is 3.45. The summed E-state index contributed by atoms with van der Waals surface area (Å²) in [5.41, 5.74) is 1.53. The maximum Gasteiger partial charge on any atom is 0.266 e. The van der Waals surface area contributed by atoms with Crippen molar-refractivity contribution >= 4 is 26.8 Å². The van der Waals surface area contributed by atoms with Crippen LogP contribution < -0.4 is 10.9 Å². The lowest BCUT2D eigenvalue weighted by atomic mass is 10.2. The van der Waals surface area contributed by atoms with Gasteiger partial charge in [0.25, 0.3) is 5.56 Å². The number of aromatic nitrogens is 2. The van der Waals surface area contributed by atoms with E-state index < -0.39 is 0 Å². The lowest BCUT2D eigenvalue weighted by molar-refractivity contribution is 0.520. The molecule has 0 aliphatic carbocycles. The van der Waals surface area contributed by atoms with E-state index >= 15 is 0 Å². The second-order valence-electron chi connectivity index (χ2n) is 6.13. The third-order valence-electron chi connectivity index (χ3n) is 4.25. The molecule has 2 aromatic carbocycles. The second kappa shape index (κ2) is 7.93. The maximum atomic E-state index is 13.2. The summed E-state index contributed by atoms with van der Waals surface area (Å²) in [5, 5.41) is 4.12. The Morgan fingerprint density at radius 1 is 1.16 bits per heavy atom. The number of para-hydroxylation sites is 1. The fourth-order valence-electron chi connectivity index (χ4n) is 2.87. The number of halogens is 1. The molecule has 0 fully saturated rings. The molecule has 1 atom stereocenters. The predicted octanol–water partition coefficient (Wildman–Crippen LogP) is 4.60. The number of rotatable bonds is 6. The normalized spacial score (nSPS) is 12.4. The molecule has 3 rings (SSSR count). The second-order valence-corrected chi connectivity index (χ2v) is 7.05. The van der Waals surface area contributed by atoms with Gasteiger partial charge >= 0.3 is 0 Å². The SMILES string of the molecule is CCCCNC(C)c1nc2ccccc2c(=O)n1-c1ccc(Br)cc1. The number of unbranched alkanes of at least 4 members (excludes halogenated alkanes) is 1. The van der Waals surface area contributed by atoms with Crippen molar-refractivity contribution < 1.29 is 0 Å². The van der Waals surface area contributed by atoms with E-state index in [1.807, 2.05) is 48.5 Å². The zero-order chi connectivity index (χ0) is 17.8. The smallest absolute Gasteiger partial charge is 0.266 e. The molecule has 130 valence electrons. The molecular formula is C20H22BrN3O. The topological polar surface area (TPSA) is 46.9 Å². The van der Waals surface area contributed by atoms with E-state index in [4.69, 9.17) is 4.98 Å². The van der Waals surface area contributed by atoms with Crippen molar-refractivity contribution in [2.45, 2.75) is 32.7 Å². The highest BCUT2D eigenvalue weighted by Crippen LogP contribution is 2.19. The zero-order valence-electron chi connectivity index (χ0n) is 14.5. The molecule has 4 nitrogen and oxygen atoms in total. The molecule has 0 saturated heterocycles. The first kappa shape index (κ1) is 17.8. The van der Waals surface area contributed by atoms with E-state index in [1.165, 1.54) is 0 Å². The van der Waals surface area contributed by atoms with Crippen LogP contribution in [0, 0.1) is 0 Å². The molecule has 1 heterocycles. The first-order valence-electron chi connectivity index (χ1n) is 8.63. The van der Waals surface area contributed by atoms with Gasteiger partial charge in [-0.1, -0.05) is 41.4 Å². The van der Waals surface area contributed by atoms with Crippen LogP contribution in [0.25, 0.3) is 16.6 Å². The van der Waals surface area contributed by atoms with Crippen molar-refractivity contribution in [2.75, 3.05) is 6.54 Å². The summed E-state index contributed by atoms with van der Waals surface area (Å²) < 4.78 is 2.70. The van der Waals surface area contributed by atoms with Gasteiger partial charge in [0, 0.05) is 4.47 Å². The van der Waals surface area contributed by atoms with E-state index in [0.29, 0.717) is 5.39 Å². The highest BCUT2D eigenvalue weighted by molar-refractivity contribution is 9.10. The molecular weight excluding hydrogens is 378 g/mol. The molecule has 1 N–H and O–H groups in total. The predicted molar refractivity (Wildman–Crippen MR) is 106 cm³/mol. The monoisotopic (exact) mass is 399 g/mol. The van der Waals surface area contributed by atoms with Crippen LogP contribution >= 0.6 is 15.9 Å². The Balaban J connectivity index is 2.17. The standard InChI is InChI=1S/C20H22BrN3O/c1-3-4-13-22-14(2)19-23-18-8-6-5-7-17(18)20(25)24(19)16-11-9-15(21)10-12-16/h5-12,14,22H,3-4,13H2,1-2H3. The van der Waals surface area contributed by atoms with Crippen LogP contribution in [0.1, 0.15) is 38.6 Å². The van der Waals surface area contributed by atoms with Crippen LogP contribution in [-0.2, 0) is 0 Å². The van der Waals surface area contributed by atoms with E-state index in [1.54, 1.807) is 4.57 Å². The highest BCUT2D eigenvalue weighted by Gasteiger charge is 2.17. The Bertz CT molecular complexity index is 918. The van der Waals surface area contributed by atoms with Gasteiger partial charge < -0.3 is 5.32 Å². The van der Waals surface area contributed by atoms with Gasteiger partial charge in [0.05, 0.1) is 22.6 Å². The highest BCUT2D eigenvalue weighted by atomic mass is 79.9. The molecule has 0 amide bonds. The fraction of sp³-hybridized carbons (Fsp3) is 0.300. The van der Waals surface area contributed by atoms with Gasteiger partial charge in [-0.15, -0.1) is 0 Å². The quantitative estimate of drug-likeness (QED) is 0.616. The molecule has 1 aromatic heterocycles. The Morgan fingerprint density at radius 2 is 1.88 bits per heavy atom. The van der Waals surface area contributed by atoms with Crippen LogP contribution in [0.3, 0.4) is 0 Å². The third kappa shape index (κ3) is 3.83. The number of nitrogens with zero attached hydrogens (tertiary/aromatic N) is 2. The van der Waals surface area contributed by atoms with E-state index in [9.17, 15) is 4.79 Å². The first-order chi connectivity index (χ1) is 12.1. The van der Waals surface area contributed by atoms with Crippen molar-refractivity contribution in [1.82, 2.24) is 14.9 Å². The zero-order valence-corrected chi connectivity index (χ0v) is 16.1. The summed E-state index contributed by atoms with van der Waals surface area (Å²) in [6, 6.07) is 15.2. The molecule has 5 heteroatoms. The van der Waals surface area contributed by atoms with Crippen molar-refractivity contribution in [1.29, 1.82) is 0 Å². The fourth-order valence-corrected chi connectivity index (χ4v) is 3.13. The van der Waals surface area contributed by atoms with Gasteiger partial charge in [-0.3, -0.25) is 9.36 Å². The van der Waals surface area contributed by atoms with Crippen LogP contribution in [0.2, 0.25) is 0 Å². The minimum absolute atomic E-state index is 0.0208. The Labute approximate surface area is 156 Å². The number of benzene rings is 2. The summed E-state index contributed by atoms with van der Waals surface area (Å²) in [5.74, 6) is 0.738. The average molecular weight is 400 g/mol. The van der Waals surface area contributed by atoms with Crippen LogP contribution in [-0.4, -0.2) is 16.1 Å². The molecule has 0 bridgehead atoms. The first-order valence-corrected chi connectivity index (χ1v) is 9.42. The summed E-state index contributed by atoms with van der Waals surface area (Å²) in [6.07, 6.45) is 2.23. The van der Waals surface area contributed by atoms with E-state index in [0.717, 1.165) is 40.9 Å². The number of hydrogen-bond donors (Lipinski definition) is 1. The van der Waals surface area contributed by atoms with Crippen LogP contribution in [0.15, 0.2) is 57.8 Å². The lowest BCUT2D eigenvalue weighted by Gasteiger charge is -2.19. The van der Waals surface area contributed by atoms with Gasteiger partial charge in [0.2, 0.25) is 0 Å². The van der Waals surface area contributed by atoms with E-state index in [2.05, 4.69) is 35.1 Å². The molecule has 0 aliphatic rings. The van der Waals surface area contributed by atoms with Crippen LogP contribution in [0.5, 0.6) is 0 Å². The summed E-state index contributed by atoms with van der Waals surface area (Å²) in [6.45, 7) is 5.13. The van der Waals surface area contributed by atoms with Gasteiger partial charge in [-0.2, -0.15) is 0 Å². The molecule has 25 heavy (non-hydrogen) atoms. The maximum absolute atomic E-state index is 13.2. The van der Waals surface area contributed by atoms with Crippen molar-refractivity contribution in [3.8, 4) is 5.69 Å². The van der Waals surface area contributed by atoms with Gasteiger partial charge in [0.1, 0.15) is 5.82 Å². The molecule has 0 radical (unpaired) electrons. The Hall–Kier alpha value is -1.98. The number of hydrogen-bond acceptors (Lipinski definition) is 3. The Morgan fingerprint density at radius 3 is 2.60 bits per heavy atom. The van der Waals surface area contributed by atoms with Gasteiger partial charge in [-0.25, -0.2) is 4.98 Å². The third-order valence-corrected chi connectivity index (χ3v) is 4.78. The minimum atomic E-state index is -0.0351. The molecule has 0 spiro atoms. The summed E-state index contributed by atoms with van der Waals surface area (Å²) in [7, 11) is 0. The van der Waals surface area contributed by atoms with E-state index in [-0.39, 0.29) is 11.6 Å². The van der Waals surface area contributed by atoms with Crippen molar-refractivity contribution in [3.63, 3.8) is 0 Å². The molecule has 3 aromatic rings. The Kier molecular flexibility index (Phi) is 5.66. The summed E-state index contributed by atoms with van der Waals surface area (Å²) in [4.78, 5) is 18.0. The molecule has 0 saturated carbocycles.